The molecule has 0 aliphatic rings. The maximum Gasteiger partial charge on any atom is 0.341 e. The smallest absolute Gasteiger partial charge is 0.341 e. The molecule has 0 radical (unpaired) electrons. The molecule has 0 unspecified atom stereocenters. The zero-order valence-electron chi connectivity index (χ0n) is 12.4. The van der Waals surface area contributed by atoms with Crippen LogP contribution >= 0.6 is 0 Å². The van der Waals surface area contributed by atoms with E-state index < -0.39 is 22.7 Å². The van der Waals surface area contributed by atoms with Crippen LogP contribution in [-0.2, 0) is 21.3 Å². The third-order valence-electron chi connectivity index (χ3n) is 2.95. The van der Waals surface area contributed by atoms with Crippen molar-refractivity contribution in [3.05, 3.63) is 54.1 Å². The van der Waals surface area contributed by atoms with E-state index in [0.717, 1.165) is 5.56 Å². The Bertz CT molecular complexity index is 783. The summed E-state index contributed by atoms with van der Waals surface area (Å²) < 4.78 is 34.7. The van der Waals surface area contributed by atoms with Gasteiger partial charge in [0.05, 0.1) is 0 Å². The summed E-state index contributed by atoms with van der Waals surface area (Å²) in [7, 11) is -3.96. The number of hydrogen-bond acceptors (Lipinski definition) is 5. The van der Waals surface area contributed by atoms with E-state index in [1.807, 2.05) is 6.92 Å². The molecule has 23 heavy (non-hydrogen) atoms. The Hall–Kier alpha value is -2.54. The number of aryl methyl sites for hydroxylation is 1. The zero-order chi connectivity index (χ0) is 16.9. The minimum atomic E-state index is -3.96. The highest BCUT2D eigenvalue weighted by Crippen LogP contribution is 2.26. The molecule has 6 nitrogen and oxygen atoms in total. The topological polar surface area (TPSA) is 89.9 Å². The predicted molar refractivity (Wildman–Crippen MR) is 83.2 cm³/mol. The van der Waals surface area contributed by atoms with E-state index in [2.05, 4.69) is 0 Å². The summed E-state index contributed by atoms with van der Waals surface area (Å²) in [6.45, 7) is 1.36. The third kappa shape index (κ3) is 4.72. The van der Waals surface area contributed by atoms with Gasteiger partial charge in [0.2, 0.25) is 0 Å². The van der Waals surface area contributed by atoms with Gasteiger partial charge in [-0.25, -0.2) is 4.79 Å². The zero-order valence-corrected chi connectivity index (χ0v) is 13.2. The Morgan fingerprint density at radius 3 is 2.35 bits per heavy atom. The summed E-state index contributed by atoms with van der Waals surface area (Å²) in [6.07, 6.45) is 0.617. The number of carboxylic acid groups (broad SMARTS) is 1. The molecule has 0 saturated heterocycles. The molecule has 0 fully saturated rings. The van der Waals surface area contributed by atoms with Gasteiger partial charge in [-0.1, -0.05) is 25.1 Å². The van der Waals surface area contributed by atoms with Gasteiger partial charge in [-0.05, 0) is 36.2 Å². The molecule has 0 amide bonds. The fourth-order valence-electron chi connectivity index (χ4n) is 1.87. The van der Waals surface area contributed by atoms with Crippen molar-refractivity contribution in [2.45, 2.75) is 18.2 Å². The highest BCUT2D eigenvalue weighted by Gasteiger charge is 2.17. The van der Waals surface area contributed by atoms with Crippen molar-refractivity contribution < 1.29 is 27.2 Å². The van der Waals surface area contributed by atoms with E-state index in [1.165, 1.54) is 18.2 Å². The van der Waals surface area contributed by atoms with Crippen LogP contribution in [0.2, 0.25) is 0 Å². The van der Waals surface area contributed by atoms with Crippen LogP contribution in [0.3, 0.4) is 0 Å². The molecule has 0 aliphatic carbocycles. The van der Waals surface area contributed by atoms with E-state index in [9.17, 15) is 13.2 Å². The van der Waals surface area contributed by atoms with Crippen molar-refractivity contribution in [3.63, 3.8) is 0 Å². The van der Waals surface area contributed by atoms with Crippen molar-refractivity contribution in [1.82, 2.24) is 0 Å². The van der Waals surface area contributed by atoms with Crippen molar-refractivity contribution in [3.8, 4) is 11.5 Å². The fourth-order valence-corrected chi connectivity index (χ4v) is 2.81. The van der Waals surface area contributed by atoms with Crippen molar-refractivity contribution >= 4 is 16.1 Å². The summed E-state index contributed by atoms with van der Waals surface area (Å²) in [6, 6.07) is 12.3. The average molecular weight is 336 g/mol. The summed E-state index contributed by atoms with van der Waals surface area (Å²) >= 11 is 0. The molecule has 122 valence electrons. The summed E-state index contributed by atoms with van der Waals surface area (Å²) in [5, 5.41) is 8.65. The van der Waals surface area contributed by atoms with Crippen molar-refractivity contribution in [2.24, 2.45) is 0 Å². The lowest BCUT2D eigenvalue weighted by Gasteiger charge is -2.11. The van der Waals surface area contributed by atoms with E-state index in [4.69, 9.17) is 14.0 Å². The number of rotatable bonds is 7. The third-order valence-corrected chi connectivity index (χ3v) is 4.21. The van der Waals surface area contributed by atoms with Crippen LogP contribution in [-0.4, -0.2) is 26.1 Å². The first-order chi connectivity index (χ1) is 10.9. The van der Waals surface area contributed by atoms with Crippen molar-refractivity contribution in [1.29, 1.82) is 0 Å². The Morgan fingerprint density at radius 2 is 1.74 bits per heavy atom. The van der Waals surface area contributed by atoms with Gasteiger partial charge in [0.25, 0.3) is 0 Å². The Balaban J connectivity index is 2.28. The lowest BCUT2D eigenvalue weighted by atomic mass is 10.1. The molecule has 0 spiro atoms. The fraction of sp³-hybridized carbons (Fsp3) is 0.188. The van der Waals surface area contributed by atoms with E-state index in [1.54, 1.807) is 30.3 Å². The quantitative estimate of drug-likeness (QED) is 0.781. The van der Waals surface area contributed by atoms with E-state index in [-0.39, 0.29) is 16.4 Å². The Morgan fingerprint density at radius 1 is 1.09 bits per heavy atom. The average Bonchev–Trinajstić information content (AvgIpc) is 2.53. The standard InChI is InChI=1S/C16H16O6S/c1-2-12-8-13(21-11-16(17)18)10-14(9-12)22-23(19,20)15-6-4-3-5-7-15/h3-10H,2,11H2,1H3,(H,17,18). The molecular formula is C16H16O6S. The van der Waals surface area contributed by atoms with Crippen LogP contribution in [0, 0.1) is 0 Å². The van der Waals surface area contributed by atoms with Gasteiger partial charge in [0.15, 0.2) is 6.61 Å². The molecule has 0 bridgehead atoms. The second-order valence-corrected chi connectivity index (χ2v) is 6.25. The number of hydrogen-bond donors (Lipinski definition) is 1. The number of carbonyl (C=O) groups is 1. The number of aliphatic carboxylic acids is 1. The van der Waals surface area contributed by atoms with Crippen LogP contribution in [0.25, 0.3) is 0 Å². The molecular weight excluding hydrogens is 320 g/mol. The summed E-state index contributed by atoms with van der Waals surface area (Å²) in [4.78, 5) is 10.6. The van der Waals surface area contributed by atoms with Gasteiger partial charge in [0, 0.05) is 6.07 Å². The molecule has 2 rings (SSSR count). The first-order valence-corrected chi connectivity index (χ1v) is 8.29. The van der Waals surface area contributed by atoms with E-state index >= 15 is 0 Å². The second-order valence-electron chi connectivity index (χ2n) is 4.70. The Labute approximate surface area is 134 Å². The minimum Gasteiger partial charge on any atom is -0.482 e. The number of carboxylic acids is 1. The SMILES string of the molecule is CCc1cc(OCC(=O)O)cc(OS(=O)(=O)c2ccccc2)c1. The lowest BCUT2D eigenvalue weighted by molar-refractivity contribution is -0.139. The highest BCUT2D eigenvalue weighted by molar-refractivity contribution is 7.87. The largest absolute Gasteiger partial charge is 0.482 e. The predicted octanol–water partition coefficient (Wildman–Crippen LogP) is 2.48. The summed E-state index contributed by atoms with van der Waals surface area (Å²) in [5.41, 5.74) is 0.770. The number of benzene rings is 2. The van der Waals surface area contributed by atoms with Gasteiger partial charge >= 0.3 is 16.1 Å². The molecule has 7 heteroatoms. The molecule has 0 heterocycles. The monoisotopic (exact) mass is 336 g/mol. The van der Waals surface area contributed by atoms with E-state index in [0.29, 0.717) is 6.42 Å². The Kier molecular flexibility index (Phi) is 5.23. The van der Waals surface area contributed by atoms with Gasteiger partial charge in [-0.15, -0.1) is 0 Å². The summed E-state index contributed by atoms with van der Waals surface area (Å²) in [5.74, 6) is -0.801. The van der Waals surface area contributed by atoms with Crippen LogP contribution in [0.4, 0.5) is 0 Å². The molecule has 0 saturated carbocycles. The molecule has 0 aromatic heterocycles. The second kappa shape index (κ2) is 7.15. The van der Waals surface area contributed by atoms with Crippen LogP contribution in [0.15, 0.2) is 53.4 Å². The maximum atomic E-state index is 12.2. The van der Waals surface area contributed by atoms with Gasteiger partial charge in [-0.3, -0.25) is 0 Å². The number of ether oxygens (including phenoxy) is 1. The van der Waals surface area contributed by atoms with Gasteiger partial charge in [-0.2, -0.15) is 8.42 Å². The highest BCUT2D eigenvalue weighted by atomic mass is 32.2. The van der Waals surface area contributed by atoms with Crippen LogP contribution in [0.1, 0.15) is 12.5 Å². The molecule has 0 aliphatic heterocycles. The van der Waals surface area contributed by atoms with Gasteiger partial charge in [0.1, 0.15) is 16.4 Å². The molecule has 2 aromatic rings. The molecule has 2 aromatic carbocycles. The normalized spacial score (nSPS) is 11.0. The lowest BCUT2D eigenvalue weighted by Crippen LogP contribution is -2.11. The minimum absolute atomic E-state index is 0.0369. The first kappa shape index (κ1) is 16.8. The maximum absolute atomic E-state index is 12.2. The van der Waals surface area contributed by atoms with Crippen LogP contribution < -0.4 is 8.92 Å². The van der Waals surface area contributed by atoms with Gasteiger partial charge < -0.3 is 14.0 Å². The first-order valence-electron chi connectivity index (χ1n) is 6.89. The van der Waals surface area contributed by atoms with Crippen molar-refractivity contribution in [2.75, 3.05) is 6.61 Å². The molecule has 1 N–H and O–H groups in total. The van der Waals surface area contributed by atoms with Crippen LogP contribution in [0.5, 0.6) is 11.5 Å². The molecule has 0 atom stereocenters.